The van der Waals surface area contributed by atoms with Gasteiger partial charge >= 0.3 is 0 Å². The van der Waals surface area contributed by atoms with E-state index in [0.717, 1.165) is 23.9 Å². The van der Waals surface area contributed by atoms with Crippen LogP contribution in [-0.4, -0.2) is 30.1 Å². The highest BCUT2D eigenvalue weighted by Crippen LogP contribution is 2.12. The highest BCUT2D eigenvalue weighted by atomic mass is 32.2. The van der Waals surface area contributed by atoms with Gasteiger partial charge in [-0.25, -0.2) is 13.4 Å². The van der Waals surface area contributed by atoms with Crippen molar-refractivity contribution in [1.82, 2.24) is 14.9 Å². The van der Waals surface area contributed by atoms with Crippen LogP contribution in [0.25, 0.3) is 0 Å². The Morgan fingerprint density at radius 1 is 1.12 bits per heavy atom. The summed E-state index contributed by atoms with van der Waals surface area (Å²) in [7, 11) is -3.34. The van der Waals surface area contributed by atoms with Crippen LogP contribution in [0.1, 0.15) is 21.5 Å². The average Bonchev–Trinajstić information content (AvgIpc) is 3.13. The van der Waals surface area contributed by atoms with E-state index >= 15 is 0 Å². The first kappa shape index (κ1) is 17.9. The van der Waals surface area contributed by atoms with E-state index in [1.165, 1.54) is 12.1 Å². The van der Waals surface area contributed by atoms with Gasteiger partial charge in [0, 0.05) is 37.3 Å². The smallest absolute Gasteiger partial charge is 0.251 e. The molecule has 1 amide bonds. The number of rotatable bonds is 6. The molecular formula is C19H19N3O3S. The molecule has 0 aliphatic rings. The molecule has 0 bridgehead atoms. The number of imidazole rings is 1. The number of amides is 1. The van der Waals surface area contributed by atoms with Crippen molar-refractivity contribution < 1.29 is 13.2 Å². The van der Waals surface area contributed by atoms with Gasteiger partial charge in [0.25, 0.3) is 5.91 Å². The summed E-state index contributed by atoms with van der Waals surface area (Å²) in [5.74, 6) is -0.307. The molecular weight excluding hydrogens is 350 g/mol. The molecule has 0 saturated carbocycles. The van der Waals surface area contributed by atoms with Crippen molar-refractivity contribution in [1.29, 1.82) is 0 Å². The second-order valence-electron chi connectivity index (χ2n) is 6.03. The number of sulfone groups is 1. The zero-order valence-corrected chi connectivity index (χ0v) is 15.1. The SMILES string of the molecule is CS(=O)(=O)c1cccc(C(=O)NCc2ccc(Cn3ccnc3)cc2)c1. The van der Waals surface area contributed by atoms with Crippen LogP contribution in [0.5, 0.6) is 0 Å². The van der Waals surface area contributed by atoms with Gasteiger partial charge in [-0.15, -0.1) is 0 Å². The molecule has 3 rings (SSSR count). The fraction of sp³-hybridized carbons (Fsp3) is 0.158. The van der Waals surface area contributed by atoms with Gasteiger partial charge in [0.05, 0.1) is 11.2 Å². The molecule has 0 saturated heterocycles. The summed E-state index contributed by atoms with van der Waals surface area (Å²) in [6, 6.07) is 14.0. The topological polar surface area (TPSA) is 81.1 Å². The minimum Gasteiger partial charge on any atom is -0.348 e. The maximum Gasteiger partial charge on any atom is 0.251 e. The Balaban J connectivity index is 1.61. The lowest BCUT2D eigenvalue weighted by atomic mass is 10.1. The average molecular weight is 369 g/mol. The molecule has 6 nitrogen and oxygen atoms in total. The van der Waals surface area contributed by atoms with Crippen LogP contribution in [0.15, 0.2) is 72.1 Å². The molecule has 0 aliphatic carbocycles. The third-order valence-electron chi connectivity index (χ3n) is 3.92. The minimum absolute atomic E-state index is 0.133. The maximum absolute atomic E-state index is 12.3. The number of nitrogens with zero attached hydrogens (tertiary/aromatic N) is 2. The Labute approximate surface area is 152 Å². The number of hydrogen-bond acceptors (Lipinski definition) is 4. The van der Waals surface area contributed by atoms with Crippen molar-refractivity contribution in [2.75, 3.05) is 6.26 Å². The Hall–Kier alpha value is -2.93. The zero-order valence-electron chi connectivity index (χ0n) is 14.3. The molecule has 3 aromatic rings. The predicted molar refractivity (Wildman–Crippen MR) is 98.5 cm³/mol. The van der Waals surface area contributed by atoms with Crippen molar-refractivity contribution in [2.45, 2.75) is 18.0 Å². The fourth-order valence-electron chi connectivity index (χ4n) is 2.51. The van der Waals surface area contributed by atoms with E-state index in [2.05, 4.69) is 10.3 Å². The van der Waals surface area contributed by atoms with E-state index in [0.29, 0.717) is 12.1 Å². The highest BCUT2D eigenvalue weighted by molar-refractivity contribution is 7.90. The monoisotopic (exact) mass is 369 g/mol. The van der Waals surface area contributed by atoms with E-state index < -0.39 is 9.84 Å². The molecule has 0 radical (unpaired) electrons. The van der Waals surface area contributed by atoms with Crippen LogP contribution in [0.4, 0.5) is 0 Å². The quantitative estimate of drug-likeness (QED) is 0.723. The summed E-state index contributed by atoms with van der Waals surface area (Å²) < 4.78 is 25.2. The Kier molecular flexibility index (Phi) is 5.18. The second kappa shape index (κ2) is 7.53. The van der Waals surface area contributed by atoms with Gasteiger partial charge < -0.3 is 9.88 Å². The maximum atomic E-state index is 12.3. The van der Waals surface area contributed by atoms with E-state index in [1.807, 2.05) is 35.0 Å². The van der Waals surface area contributed by atoms with Gasteiger partial charge in [0.15, 0.2) is 9.84 Å². The first-order valence-corrected chi connectivity index (χ1v) is 9.93. The summed E-state index contributed by atoms with van der Waals surface area (Å²) in [5.41, 5.74) is 2.43. The lowest BCUT2D eigenvalue weighted by Crippen LogP contribution is -2.23. The molecule has 2 aromatic carbocycles. The van der Waals surface area contributed by atoms with Crippen molar-refractivity contribution in [2.24, 2.45) is 0 Å². The Bertz CT molecular complexity index is 995. The van der Waals surface area contributed by atoms with Gasteiger partial charge in [-0.3, -0.25) is 4.79 Å². The number of carbonyl (C=O) groups is 1. The van der Waals surface area contributed by atoms with Gasteiger partial charge in [-0.05, 0) is 29.3 Å². The van der Waals surface area contributed by atoms with Crippen molar-refractivity contribution in [3.8, 4) is 0 Å². The van der Waals surface area contributed by atoms with Crippen molar-refractivity contribution in [3.63, 3.8) is 0 Å². The first-order chi connectivity index (χ1) is 12.4. The number of carbonyl (C=O) groups excluding carboxylic acids is 1. The van der Waals surface area contributed by atoms with Crippen LogP contribution >= 0.6 is 0 Å². The summed E-state index contributed by atoms with van der Waals surface area (Å²) in [4.78, 5) is 16.4. The van der Waals surface area contributed by atoms with Crippen LogP contribution < -0.4 is 5.32 Å². The molecule has 1 aromatic heterocycles. The molecule has 134 valence electrons. The second-order valence-corrected chi connectivity index (χ2v) is 8.05. The van der Waals surface area contributed by atoms with Gasteiger partial charge in [0.2, 0.25) is 0 Å². The third kappa shape index (κ3) is 4.58. The molecule has 26 heavy (non-hydrogen) atoms. The van der Waals surface area contributed by atoms with E-state index in [4.69, 9.17) is 0 Å². The fourth-order valence-corrected chi connectivity index (χ4v) is 3.17. The van der Waals surface area contributed by atoms with Gasteiger partial charge in [0.1, 0.15) is 0 Å². The molecule has 1 N–H and O–H groups in total. The van der Waals surface area contributed by atoms with Gasteiger partial charge in [-0.2, -0.15) is 0 Å². The molecule has 0 fully saturated rings. The van der Waals surface area contributed by atoms with Gasteiger partial charge in [-0.1, -0.05) is 30.3 Å². The largest absolute Gasteiger partial charge is 0.348 e. The number of aromatic nitrogens is 2. The Morgan fingerprint density at radius 2 is 1.85 bits per heavy atom. The molecule has 7 heteroatoms. The van der Waals surface area contributed by atoms with E-state index in [-0.39, 0.29) is 10.8 Å². The van der Waals surface area contributed by atoms with Crippen LogP contribution in [0.3, 0.4) is 0 Å². The number of nitrogens with one attached hydrogen (secondary N) is 1. The van der Waals surface area contributed by atoms with Crippen LogP contribution in [-0.2, 0) is 22.9 Å². The Morgan fingerprint density at radius 3 is 2.50 bits per heavy atom. The minimum atomic E-state index is -3.34. The molecule has 1 heterocycles. The predicted octanol–water partition coefficient (Wildman–Crippen LogP) is 2.26. The highest BCUT2D eigenvalue weighted by Gasteiger charge is 2.11. The summed E-state index contributed by atoms with van der Waals surface area (Å²) in [5, 5.41) is 2.81. The third-order valence-corrected chi connectivity index (χ3v) is 5.03. The lowest BCUT2D eigenvalue weighted by molar-refractivity contribution is 0.0950. The van der Waals surface area contributed by atoms with E-state index in [9.17, 15) is 13.2 Å². The summed E-state index contributed by atoms with van der Waals surface area (Å²) in [6.07, 6.45) is 6.52. The first-order valence-electron chi connectivity index (χ1n) is 8.04. The zero-order chi connectivity index (χ0) is 18.6. The normalized spacial score (nSPS) is 11.3. The molecule has 0 aliphatic heterocycles. The number of benzene rings is 2. The van der Waals surface area contributed by atoms with Crippen molar-refractivity contribution in [3.05, 3.63) is 83.9 Å². The van der Waals surface area contributed by atoms with Crippen LogP contribution in [0, 0.1) is 0 Å². The molecule has 0 spiro atoms. The van der Waals surface area contributed by atoms with E-state index in [1.54, 1.807) is 24.7 Å². The summed E-state index contributed by atoms with van der Waals surface area (Å²) >= 11 is 0. The molecule has 0 atom stereocenters. The molecule has 0 unspecified atom stereocenters. The lowest BCUT2D eigenvalue weighted by Gasteiger charge is -2.08. The standard InChI is InChI=1S/C19H19N3O3S/c1-26(24,25)18-4-2-3-17(11-18)19(23)21-12-15-5-7-16(8-6-15)13-22-10-9-20-14-22/h2-11,14H,12-13H2,1H3,(H,21,23). The van der Waals surface area contributed by atoms with Crippen molar-refractivity contribution >= 4 is 15.7 Å². The number of hydrogen-bond donors (Lipinski definition) is 1. The summed E-state index contributed by atoms with van der Waals surface area (Å²) in [6.45, 7) is 1.11. The van der Waals surface area contributed by atoms with Crippen LogP contribution in [0.2, 0.25) is 0 Å².